The van der Waals surface area contributed by atoms with Crippen molar-refractivity contribution in [3.8, 4) is 0 Å². The van der Waals surface area contributed by atoms with Gasteiger partial charge in [0.1, 0.15) is 6.29 Å². The summed E-state index contributed by atoms with van der Waals surface area (Å²) in [5, 5.41) is 5.58. The van der Waals surface area contributed by atoms with E-state index in [0.717, 1.165) is 11.3 Å². The van der Waals surface area contributed by atoms with Crippen molar-refractivity contribution in [1.82, 2.24) is 10.2 Å². The van der Waals surface area contributed by atoms with Crippen LogP contribution in [0, 0.1) is 0 Å². The molecule has 3 amide bonds. The summed E-state index contributed by atoms with van der Waals surface area (Å²) >= 11 is 0. The number of fused-ring (bicyclic) bond motifs is 1. The molecule has 1 aliphatic rings. The van der Waals surface area contributed by atoms with Crippen molar-refractivity contribution in [3.05, 3.63) is 29.3 Å². The number of nitrogens with zero attached hydrogens (tertiary/aromatic N) is 1. The van der Waals surface area contributed by atoms with E-state index < -0.39 is 17.9 Å². The van der Waals surface area contributed by atoms with Crippen LogP contribution in [0.5, 0.6) is 0 Å². The Morgan fingerprint density at radius 1 is 1.13 bits per heavy atom. The maximum atomic E-state index is 12.9. The first-order valence-electron chi connectivity index (χ1n) is 10.1. The fraction of sp³-hybridized carbons (Fsp3) is 0.524. The van der Waals surface area contributed by atoms with Gasteiger partial charge in [-0.25, -0.2) is 0 Å². The molecular weight excluding hydrogens is 390 g/mol. The molecule has 1 unspecified atom stereocenters. The number of amides is 3. The molecule has 1 heterocycles. The molecule has 9 heteroatoms. The van der Waals surface area contributed by atoms with Gasteiger partial charge in [-0.15, -0.1) is 0 Å². The zero-order valence-electron chi connectivity index (χ0n) is 17.4. The highest BCUT2D eigenvalue weighted by atomic mass is 16.5. The summed E-state index contributed by atoms with van der Waals surface area (Å²) in [4.78, 5) is 49.6. The zero-order chi connectivity index (χ0) is 21.9. The third kappa shape index (κ3) is 5.87. The van der Waals surface area contributed by atoms with E-state index in [0.29, 0.717) is 44.9 Å². The zero-order valence-corrected chi connectivity index (χ0v) is 17.4. The molecular formula is C21H29N3O6. The first-order chi connectivity index (χ1) is 14.5. The van der Waals surface area contributed by atoms with Gasteiger partial charge in [0.25, 0.3) is 11.8 Å². The fourth-order valence-corrected chi connectivity index (χ4v) is 3.14. The number of imide groups is 1. The Labute approximate surface area is 176 Å². The van der Waals surface area contributed by atoms with Crippen LogP contribution in [0.1, 0.15) is 46.9 Å². The molecule has 2 N–H and O–H groups in total. The Bertz CT molecular complexity index is 767. The van der Waals surface area contributed by atoms with Gasteiger partial charge >= 0.3 is 0 Å². The molecule has 0 spiro atoms. The molecule has 0 fully saturated rings. The average molecular weight is 419 g/mol. The minimum Gasteiger partial charge on any atom is -0.382 e. The number of nitrogens with one attached hydrogen (secondary N) is 2. The van der Waals surface area contributed by atoms with E-state index in [9.17, 15) is 19.2 Å². The normalized spacial score (nSPS) is 13.9. The van der Waals surface area contributed by atoms with Gasteiger partial charge in [0.2, 0.25) is 5.91 Å². The lowest BCUT2D eigenvalue weighted by Gasteiger charge is -2.21. The second-order valence-corrected chi connectivity index (χ2v) is 6.78. The van der Waals surface area contributed by atoms with E-state index in [2.05, 4.69) is 10.6 Å². The molecule has 1 atom stereocenters. The SMILES string of the molecule is CCCOCCOCCNc1cccc2c1C(=O)N(C(C=O)CCC(=O)NC)C2=O. The third-order valence-electron chi connectivity index (χ3n) is 4.66. The smallest absolute Gasteiger partial charge is 0.264 e. The number of aldehydes is 1. The lowest BCUT2D eigenvalue weighted by atomic mass is 10.1. The van der Waals surface area contributed by atoms with E-state index in [1.807, 2.05) is 6.92 Å². The summed E-state index contributed by atoms with van der Waals surface area (Å²) in [6.45, 7) is 4.60. The maximum Gasteiger partial charge on any atom is 0.264 e. The number of ether oxygens (including phenoxy) is 2. The van der Waals surface area contributed by atoms with Crippen molar-refractivity contribution in [1.29, 1.82) is 0 Å². The van der Waals surface area contributed by atoms with Crippen molar-refractivity contribution in [2.75, 3.05) is 45.3 Å². The van der Waals surface area contributed by atoms with Crippen molar-refractivity contribution >= 4 is 29.7 Å². The minimum atomic E-state index is -0.992. The highest BCUT2D eigenvalue weighted by Crippen LogP contribution is 2.31. The highest BCUT2D eigenvalue weighted by molar-refractivity contribution is 6.24. The molecule has 0 saturated carbocycles. The molecule has 0 aliphatic carbocycles. The average Bonchev–Trinajstić information content (AvgIpc) is 3.01. The third-order valence-corrected chi connectivity index (χ3v) is 4.66. The number of rotatable bonds is 14. The van der Waals surface area contributed by atoms with Crippen LogP contribution in [0.2, 0.25) is 0 Å². The van der Waals surface area contributed by atoms with E-state index in [1.165, 1.54) is 7.05 Å². The summed E-state index contributed by atoms with van der Waals surface area (Å²) in [5.41, 5.74) is 0.987. The van der Waals surface area contributed by atoms with Crippen LogP contribution in [0.15, 0.2) is 18.2 Å². The van der Waals surface area contributed by atoms with Crippen molar-refractivity contribution in [2.24, 2.45) is 0 Å². The van der Waals surface area contributed by atoms with E-state index in [4.69, 9.17) is 9.47 Å². The predicted molar refractivity (Wildman–Crippen MR) is 111 cm³/mol. The summed E-state index contributed by atoms with van der Waals surface area (Å²) in [5.74, 6) is -1.33. The monoisotopic (exact) mass is 419 g/mol. The van der Waals surface area contributed by atoms with Gasteiger partial charge in [-0.1, -0.05) is 13.0 Å². The van der Waals surface area contributed by atoms with Crippen molar-refractivity contribution in [3.63, 3.8) is 0 Å². The van der Waals surface area contributed by atoms with Crippen molar-refractivity contribution in [2.45, 2.75) is 32.2 Å². The Balaban J connectivity index is 1.98. The van der Waals surface area contributed by atoms with Crippen LogP contribution in [0.4, 0.5) is 5.69 Å². The molecule has 1 aromatic carbocycles. The number of hydrogen-bond acceptors (Lipinski definition) is 7. The van der Waals surface area contributed by atoms with Crippen LogP contribution < -0.4 is 10.6 Å². The summed E-state index contributed by atoms with van der Waals surface area (Å²) in [7, 11) is 1.49. The number of anilines is 1. The Kier molecular flexibility index (Phi) is 9.43. The predicted octanol–water partition coefficient (Wildman–Crippen LogP) is 1.23. The lowest BCUT2D eigenvalue weighted by Crippen LogP contribution is -2.41. The lowest BCUT2D eigenvalue weighted by molar-refractivity contribution is -0.121. The summed E-state index contributed by atoms with van der Waals surface area (Å²) in [6, 6.07) is 3.95. The molecule has 30 heavy (non-hydrogen) atoms. The highest BCUT2D eigenvalue weighted by Gasteiger charge is 2.41. The Morgan fingerprint density at radius 2 is 1.87 bits per heavy atom. The van der Waals surface area contributed by atoms with Gasteiger partial charge in [-0.3, -0.25) is 19.3 Å². The number of carbonyl (C=O) groups is 4. The second kappa shape index (κ2) is 12.0. The first-order valence-corrected chi connectivity index (χ1v) is 10.1. The molecule has 1 aromatic rings. The van der Waals surface area contributed by atoms with Gasteiger partial charge in [-0.2, -0.15) is 0 Å². The number of carbonyl (C=O) groups excluding carboxylic acids is 4. The van der Waals surface area contributed by atoms with Crippen LogP contribution in [-0.2, 0) is 19.1 Å². The van der Waals surface area contributed by atoms with Crippen LogP contribution >= 0.6 is 0 Å². The molecule has 164 valence electrons. The van der Waals surface area contributed by atoms with Crippen LogP contribution in [0.3, 0.4) is 0 Å². The van der Waals surface area contributed by atoms with E-state index in [1.54, 1.807) is 18.2 Å². The first kappa shape index (κ1) is 23.5. The molecule has 0 radical (unpaired) electrons. The van der Waals surface area contributed by atoms with Crippen LogP contribution in [-0.4, -0.2) is 75.0 Å². The standard InChI is InChI=1S/C21H29N3O6/c1-3-10-29-12-13-30-11-9-23-17-6-4-5-16-19(17)21(28)24(20(16)27)15(14-25)7-8-18(26)22-2/h4-6,14-15,23H,3,7-13H2,1-2H3,(H,22,26). The van der Waals surface area contributed by atoms with Crippen molar-refractivity contribution < 1.29 is 28.7 Å². The summed E-state index contributed by atoms with van der Waals surface area (Å²) in [6.07, 6.45) is 1.61. The van der Waals surface area contributed by atoms with Gasteiger partial charge in [-0.05, 0) is 25.0 Å². The number of benzene rings is 1. The van der Waals surface area contributed by atoms with Crippen LogP contribution in [0.25, 0.3) is 0 Å². The number of hydrogen-bond donors (Lipinski definition) is 2. The minimum absolute atomic E-state index is 0.0394. The quantitative estimate of drug-likeness (QED) is 0.265. The summed E-state index contributed by atoms with van der Waals surface area (Å²) < 4.78 is 10.8. The molecule has 1 aliphatic heterocycles. The largest absolute Gasteiger partial charge is 0.382 e. The van der Waals surface area contributed by atoms with E-state index >= 15 is 0 Å². The Morgan fingerprint density at radius 3 is 2.53 bits per heavy atom. The second-order valence-electron chi connectivity index (χ2n) is 6.78. The topological polar surface area (TPSA) is 114 Å². The Hall–Kier alpha value is -2.78. The molecule has 0 aromatic heterocycles. The molecule has 0 saturated heterocycles. The molecule has 2 rings (SSSR count). The maximum absolute atomic E-state index is 12.9. The van der Waals surface area contributed by atoms with Gasteiger partial charge in [0, 0.05) is 32.3 Å². The molecule has 0 bridgehead atoms. The van der Waals surface area contributed by atoms with Gasteiger partial charge < -0.3 is 24.9 Å². The van der Waals surface area contributed by atoms with Gasteiger partial charge in [0.15, 0.2) is 0 Å². The fourth-order valence-electron chi connectivity index (χ4n) is 3.14. The van der Waals surface area contributed by atoms with Gasteiger partial charge in [0.05, 0.1) is 37.0 Å². The molecule has 9 nitrogen and oxygen atoms in total. The van der Waals surface area contributed by atoms with E-state index in [-0.39, 0.29) is 29.9 Å².